The summed E-state index contributed by atoms with van der Waals surface area (Å²) in [5.74, 6) is -0.818. The van der Waals surface area contributed by atoms with Crippen LogP contribution >= 0.6 is 11.6 Å². The molecule has 0 aliphatic rings. The van der Waals surface area contributed by atoms with Gasteiger partial charge in [-0.2, -0.15) is 0 Å². The SMILES string of the molecule is CC(C)(CCCl)CC(=O)NC(C)(C)C(=O)O. The van der Waals surface area contributed by atoms with Crippen LogP contribution in [0.3, 0.4) is 0 Å². The average Bonchev–Trinajstić information content (AvgIpc) is 1.99. The fourth-order valence-electron chi connectivity index (χ4n) is 1.23. The van der Waals surface area contributed by atoms with Crippen molar-refractivity contribution >= 4 is 23.5 Å². The van der Waals surface area contributed by atoms with Crippen molar-refractivity contribution < 1.29 is 14.7 Å². The first-order chi connectivity index (χ1) is 7.10. The van der Waals surface area contributed by atoms with Crippen LogP contribution < -0.4 is 5.32 Å². The number of hydrogen-bond acceptors (Lipinski definition) is 2. The van der Waals surface area contributed by atoms with E-state index >= 15 is 0 Å². The largest absolute Gasteiger partial charge is 0.480 e. The Kier molecular flexibility index (Phi) is 5.26. The van der Waals surface area contributed by atoms with Gasteiger partial charge in [-0.05, 0) is 25.7 Å². The van der Waals surface area contributed by atoms with Crippen molar-refractivity contribution in [2.75, 3.05) is 5.88 Å². The molecule has 0 aromatic rings. The minimum absolute atomic E-state index is 0.208. The summed E-state index contributed by atoms with van der Waals surface area (Å²) in [5, 5.41) is 11.3. The normalized spacial score (nSPS) is 12.3. The van der Waals surface area contributed by atoms with Gasteiger partial charge in [0.05, 0.1) is 0 Å². The fraction of sp³-hybridized carbons (Fsp3) is 0.818. The van der Waals surface area contributed by atoms with Crippen LogP contribution in [-0.4, -0.2) is 28.4 Å². The van der Waals surface area contributed by atoms with Crippen molar-refractivity contribution in [1.82, 2.24) is 5.32 Å². The lowest BCUT2D eigenvalue weighted by molar-refractivity contribution is -0.146. The summed E-state index contributed by atoms with van der Waals surface area (Å²) >= 11 is 5.63. The Bertz CT molecular complexity index is 274. The molecular weight excluding hydrogens is 230 g/mol. The van der Waals surface area contributed by atoms with Gasteiger partial charge in [-0.3, -0.25) is 4.79 Å². The molecule has 0 bridgehead atoms. The van der Waals surface area contributed by atoms with Gasteiger partial charge in [0.15, 0.2) is 0 Å². The lowest BCUT2D eigenvalue weighted by atomic mass is 9.86. The molecule has 0 rings (SSSR count). The number of alkyl halides is 1. The van der Waals surface area contributed by atoms with Gasteiger partial charge in [-0.15, -0.1) is 11.6 Å². The van der Waals surface area contributed by atoms with E-state index in [-0.39, 0.29) is 17.7 Å². The van der Waals surface area contributed by atoms with Crippen LogP contribution in [0, 0.1) is 5.41 Å². The summed E-state index contributed by atoms with van der Waals surface area (Å²) in [6, 6.07) is 0. The second-order valence-electron chi connectivity index (χ2n) is 5.26. The maximum Gasteiger partial charge on any atom is 0.328 e. The summed E-state index contributed by atoms with van der Waals surface area (Å²) in [5.41, 5.74) is -1.44. The van der Waals surface area contributed by atoms with Gasteiger partial charge in [-0.25, -0.2) is 4.79 Å². The molecule has 0 aliphatic carbocycles. The maximum atomic E-state index is 11.6. The number of carbonyl (C=O) groups excluding carboxylic acids is 1. The molecule has 0 spiro atoms. The second kappa shape index (κ2) is 5.53. The van der Waals surface area contributed by atoms with Crippen LogP contribution in [0.2, 0.25) is 0 Å². The van der Waals surface area contributed by atoms with Crippen molar-refractivity contribution in [2.45, 2.75) is 46.1 Å². The van der Waals surface area contributed by atoms with E-state index in [1.54, 1.807) is 0 Å². The van der Waals surface area contributed by atoms with Gasteiger partial charge < -0.3 is 10.4 Å². The van der Waals surface area contributed by atoms with Gasteiger partial charge in [0, 0.05) is 12.3 Å². The number of carboxylic acid groups (broad SMARTS) is 1. The van der Waals surface area contributed by atoms with E-state index in [1.807, 2.05) is 13.8 Å². The first-order valence-electron chi connectivity index (χ1n) is 5.21. The molecule has 0 aromatic heterocycles. The minimum atomic E-state index is -1.23. The zero-order valence-corrected chi connectivity index (χ0v) is 11.0. The fourth-order valence-corrected chi connectivity index (χ4v) is 1.74. The molecule has 4 nitrogen and oxygen atoms in total. The molecule has 0 fully saturated rings. The van der Waals surface area contributed by atoms with Crippen molar-refractivity contribution in [3.05, 3.63) is 0 Å². The zero-order chi connectivity index (χ0) is 13.0. The number of carbonyl (C=O) groups is 2. The van der Waals surface area contributed by atoms with Crippen LogP contribution in [-0.2, 0) is 9.59 Å². The first kappa shape index (κ1) is 15.2. The van der Waals surface area contributed by atoms with E-state index in [0.29, 0.717) is 5.88 Å². The molecule has 5 heteroatoms. The van der Waals surface area contributed by atoms with E-state index < -0.39 is 11.5 Å². The summed E-state index contributed by atoms with van der Waals surface area (Å²) in [6.07, 6.45) is 0.992. The molecule has 0 unspecified atom stereocenters. The summed E-state index contributed by atoms with van der Waals surface area (Å²) < 4.78 is 0. The van der Waals surface area contributed by atoms with Gasteiger partial charge in [0.1, 0.15) is 5.54 Å². The standard InChI is InChI=1S/C11H20ClNO3/c1-10(2,5-6-12)7-8(14)13-11(3,4)9(15)16/h5-7H2,1-4H3,(H,13,14)(H,15,16). The third kappa shape index (κ3) is 5.35. The highest BCUT2D eigenvalue weighted by Gasteiger charge is 2.31. The Morgan fingerprint density at radius 2 is 1.75 bits per heavy atom. The Labute approximate surface area is 101 Å². The lowest BCUT2D eigenvalue weighted by Crippen LogP contribution is -2.50. The van der Waals surface area contributed by atoms with Crippen molar-refractivity contribution in [1.29, 1.82) is 0 Å². The van der Waals surface area contributed by atoms with Crippen LogP contribution in [0.5, 0.6) is 0 Å². The molecule has 16 heavy (non-hydrogen) atoms. The Balaban J connectivity index is 4.34. The number of carboxylic acids is 1. The molecule has 94 valence electrons. The van der Waals surface area contributed by atoms with Crippen molar-refractivity contribution in [3.63, 3.8) is 0 Å². The van der Waals surface area contributed by atoms with E-state index in [4.69, 9.17) is 16.7 Å². The topological polar surface area (TPSA) is 66.4 Å². The monoisotopic (exact) mass is 249 g/mol. The molecule has 0 atom stereocenters. The number of aliphatic carboxylic acids is 1. The Hall–Kier alpha value is -0.770. The van der Waals surface area contributed by atoms with E-state index in [0.717, 1.165) is 6.42 Å². The molecule has 0 aromatic carbocycles. The van der Waals surface area contributed by atoms with Gasteiger partial charge in [0.25, 0.3) is 0 Å². The minimum Gasteiger partial charge on any atom is -0.480 e. The maximum absolute atomic E-state index is 11.6. The van der Waals surface area contributed by atoms with Crippen molar-refractivity contribution in [3.8, 4) is 0 Å². The first-order valence-corrected chi connectivity index (χ1v) is 5.74. The van der Waals surface area contributed by atoms with Crippen LogP contribution in [0.15, 0.2) is 0 Å². The molecule has 0 saturated heterocycles. The highest BCUT2D eigenvalue weighted by molar-refractivity contribution is 6.17. The highest BCUT2D eigenvalue weighted by atomic mass is 35.5. The summed E-state index contributed by atoms with van der Waals surface area (Å²) in [7, 11) is 0. The molecule has 1 amide bonds. The predicted octanol–water partition coefficient (Wildman–Crippen LogP) is 2.01. The molecule has 0 aliphatic heterocycles. The zero-order valence-electron chi connectivity index (χ0n) is 10.3. The van der Waals surface area contributed by atoms with E-state index in [2.05, 4.69) is 5.32 Å². The summed E-state index contributed by atoms with van der Waals surface area (Å²) in [4.78, 5) is 22.4. The number of halogens is 1. The van der Waals surface area contributed by atoms with E-state index in [9.17, 15) is 9.59 Å². The van der Waals surface area contributed by atoms with Crippen LogP contribution in [0.4, 0.5) is 0 Å². The molecular formula is C11H20ClNO3. The number of nitrogens with one attached hydrogen (secondary N) is 1. The highest BCUT2D eigenvalue weighted by Crippen LogP contribution is 2.25. The Morgan fingerprint density at radius 1 is 1.25 bits per heavy atom. The second-order valence-corrected chi connectivity index (χ2v) is 5.64. The smallest absolute Gasteiger partial charge is 0.328 e. The van der Waals surface area contributed by atoms with Gasteiger partial charge in [-0.1, -0.05) is 13.8 Å². The lowest BCUT2D eigenvalue weighted by Gasteiger charge is -2.26. The third-order valence-electron chi connectivity index (χ3n) is 2.40. The third-order valence-corrected chi connectivity index (χ3v) is 2.59. The number of rotatable bonds is 6. The molecule has 0 saturated carbocycles. The summed E-state index contributed by atoms with van der Waals surface area (Å²) in [6.45, 7) is 6.79. The predicted molar refractivity (Wildman–Crippen MR) is 63.6 cm³/mol. The molecule has 2 N–H and O–H groups in total. The Morgan fingerprint density at radius 3 is 2.12 bits per heavy atom. The van der Waals surface area contributed by atoms with Crippen molar-refractivity contribution in [2.24, 2.45) is 5.41 Å². The van der Waals surface area contributed by atoms with E-state index in [1.165, 1.54) is 13.8 Å². The molecule has 0 heterocycles. The van der Waals surface area contributed by atoms with Crippen LogP contribution in [0.25, 0.3) is 0 Å². The molecule has 0 radical (unpaired) electrons. The van der Waals surface area contributed by atoms with Gasteiger partial charge in [0.2, 0.25) is 5.91 Å². The van der Waals surface area contributed by atoms with Crippen LogP contribution in [0.1, 0.15) is 40.5 Å². The van der Waals surface area contributed by atoms with Gasteiger partial charge >= 0.3 is 5.97 Å². The average molecular weight is 250 g/mol. The quantitative estimate of drug-likeness (QED) is 0.708. The number of hydrogen-bond donors (Lipinski definition) is 2. The number of amides is 1.